The lowest BCUT2D eigenvalue weighted by molar-refractivity contribution is 0.404. The van der Waals surface area contributed by atoms with Crippen LogP contribution in [0.25, 0.3) is 0 Å². The van der Waals surface area contributed by atoms with Crippen LogP contribution in [0.2, 0.25) is 0 Å². The highest BCUT2D eigenvalue weighted by Crippen LogP contribution is 2.29. The van der Waals surface area contributed by atoms with Crippen molar-refractivity contribution in [3.8, 4) is 0 Å². The van der Waals surface area contributed by atoms with Crippen molar-refractivity contribution in [1.82, 2.24) is 5.32 Å². The normalized spacial score (nSPS) is 14.6. The van der Waals surface area contributed by atoms with Crippen LogP contribution in [0, 0.1) is 5.92 Å². The van der Waals surface area contributed by atoms with Gasteiger partial charge in [-0.3, -0.25) is 0 Å². The highest BCUT2D eigenvalue weighted by Gasteiger charge is 2.24. The van der Waals surface area contributed by atoms with Crippen molar-refractivity contribution in [2.75, 3.05) is 12.8 Å². The van der Waals surface area contributed by atoms with E-state index in [-0.39, 0.29) is 0 Å². The molecule has 0 aliphatic carbocycles. The largest absolute Gasteiger partial charge is 0.313 e. The summed E-state index contributed by atoms with van der Waals surface area (Å²) in [6.07, 6.45) is 6.03. The predicted molar refractivity (Wildman–Crippen MR) is 73.7 cm³/mol. The van der Waals surface area contributed by atoms with Crippen LogP contribution < -0.4 is 5.32 Å². The molecule has 0 saturated carbocycles. The zero-order chi connectivity index (χ0) is 11.9. The lowest BCUT2D eigenvalue weighted by Crippen LogP contribution is -2.41. The second kappa shape index (κ2) is 7.56. The van der Waals surface area contributed by atoms with Crippen molar-refractivity contribution in [2.24, 2.45) is 5.92 Å². The Kier molecular flexibility index (Phi) is 7.72. The minimum atomic E-state index is 0.450. The molecule has 0 aromatic rings. The van der Waals surface area contributed by atoms with Gasteiger partial charge in [-0.1, -0.05) is 27.7 Å². The third-order valence-corrected chi connectivity index (χ3v) is 4.91. The van der Waals surface area contributed by atoms with Gasteiger partial charge in [-0.25, -0.2) is 0 Å². The van der Waals surface area contributed by atoms with E-state index >= 15 is 0 Å². The summed E-state index contributed by atoms with van der Waals surface area (Å²) < 4.78 is 0.450. The molecule has 0 spiro atoms. The molecule has 92 valence electrons. The fourth-order valence-electron chi connectivity index (χ4n) is 2.01. The first-order valence-corrected chi connectivity index (χ1v) is 7.50. The van der Waals surface area contributed by atoms with E-state index in [0.29, 0.717) is 10.8 Å². The Morgan fingerprint density at radius 1 is 1.13 bits per heavy atom. The van der Waals surface area contributed by atoms with E-state index in [0.717, 1.165) is 12.5 Å². The lowest BCUT2D eigenvalue weighted by atomic mass is 10.0. The lowest BCUT2D eigenvalue weighted by Gasteiger charge is -2.31. The van der Waals surface area contributed by atoms with Crippen molar-refractivity contribution in [1.29, 1.82) is 0 Å². The summed E-state index contributed by atoms with van der Waals surface area (Å²) in [5.74, 6) is 0.791. The van der Waals surface area contributed by atoms with E-state index in [2.05, 4.69) is 46.2 Å². The highest BCUT2D eigenvalue weighted by molar-refractivity contribution is 8.00. The van der Waals surface area contributed by atoms with Gasteiger partial charge in [0.15, 0.2) is 0 Å². The molecule has 0 aromatic heterocycles. The summed E-state index contributed by atoms with van der Waals surface area (Å²) in [5.41, 5.74) is 0. The molecule has 0 aromatic carbocycles. The minimum Gasteiger partial charge on any atom is -0.313 e. The van der Waals surface area contributed by atoms with Crippen molar-refractivity contribution in [3.05, 3.63) is 0 Å². The van der Waals surface area contributed by atoms with Gasteiger partial charge in [0.05, 0.1) is 0 Å². The Balaban J connectivity index is 3.99. The van der Waals surface area contributed by atoms with Crippen LogP contribution in [0.5, 0.6) is 0 Å². The molecule has 0 bridgehead atoms. The topological polar surface area (TPSA) is 12.0 Å². The second-order valence-electron chi connectivity index (χ2n) is 5.01. The second-order valence-corrected chi connectivity index (χ2v) is 6.28. The van der Waals surface area contributed by atoms with E-state index in [9.17, 15) is 0 Å². The van der Waals surface area contributed by atoms with Gasteiger partial charge in [0.25, 0.3) is 0 Å². The van der Waals surface area contributed by atoms with Gasteiger partial charge in [0.1, 0.15) is 0 Å². The van der Waals surface area contributed by atoms with E-state index in [1.807, 2.05) is 11.8 Å². The molecule has 0 aliphatic heterocycles. The molecular weight excluding hydrogens is 202 g/mol. The third-order valence-electron chi connectivity index (χ3n) is 3.32. The SMILES string of the molecule is CCC(CC)(CNC(C)CC(C)C)SC. The number of hydrogen-bond donors (Lipinski definition) is 1. The van der Waals surface area contributed by atoms with Crippen LogP contribution in [-0.4, -0.2) is 23.6 Å². The predicted octanol–water partition coefficient (Wildman–Crippen LogP) is 3.93. The first-order chi connectivity index (χ1) is 6.99. The quantitative estimate of drug-likeness (QED) is 0.679. The van der Waals surface area contributed by atoms with E-state index < -0.39 is 0 Å². The molecular formula is C13H29NS. The van der Waals surface area contributed by atoms with Crippen LogP contribution in [0.4, 0.5) is 0 Å². The number of thioether (sulfide) groups is 1. The Bertz CT molecular complexity index is 144. The van der Waals surface area contributed by atoms with Gasteiger partial charge in [-0.05, 0) is 38.4 Å². The van der Waals surface area contributed by atoms with E-state index in [1.54, 1.807) is 0 Å². The Hall–Kier alpha value is 0.310. The molecule has 2 heteroatoms. The average Bonchev–Trinajstić information content (AvgIpc) is 2.20. The summed E-state index contributed by atoms with van der Waals surface area (Å²) in [4.78, 5) is 0. The van der Waals surface area contributed by atoms with Gasteiger partial charge in [0, 0.05) is 17.3 Å². The smallest absolute Gasteiger partial charge is 0.0276 e. The van der Waals surface area contributed by atoms with Gasteiger partial charge >= 0.3 is 0 Å². The Labute approximate surface area is 101 Å². The van der Waals surface area contributed by atoms with E-state index in [1.165, 1.54) is 19.3 Å². The maximum absolute atomic E-state index is 3.69. The molecule has 0 fully saturated rings. The molecule has 1 unspecified atom stereocenters. The summed E-state index contributed by atoms with van der Waals surface area (Å²) >= 11 is 2.02. The van der Waals surface area contributed by atoms with Gasteiger partial charge in [-0.15, -0.1) is 0 Å². The zero-order valence-electron chi connectivity index (χ0n) is 11.4. The molecule has 0 saturated heterocycles. The monoisotopic (exact) mass is 231 g/mol. The zero-order valence-corrected chi connectivity index (χ0v) is 12.2. The summed E-state index contributed by atoms with van der Waals surface area (Å²) in [6.45, 7) is 12.6. The Morgan fingerprint density at radius 2 is 1.67 bits per heavy atom. The molecule has 1 N–H and O–H groups in total. The van der Waals surface area contributed by atoms with Crippen molar-refractivity contribution < 1.29 is 0 Å². The molecule has 1 atom stereocenters. The summed E-state index contributed by atoms with van der Waals surface area (Å²) in [5, 5.41) is 3.69. The first kappa shape index (κ1) is 15.3. The third kappa shape index (κ3) is 5.82. The maximum atomic E-state index is 3.69. The molecule has 15 heavy (non-hydrogen) atoms. The number of hydrogen-bond acceptors (Lipinski definition) is 2. The fraction of sp³-hybridized carbons (Fsp3) is 1.00. The molecule has 0 radical (unpaired) electrons. The minimum absolute atomic E-state index is 0.450. The van der Waals surface area contributed by atoms with Crippen LogP contribution in [-0.2, 0) is 0 Å². The van der Waals surface area contributed by atoms with E-state index in [4.69, 9.17) is 0 Å². The fourth-order valence-corrected chi connectivity index (χ4v) is 2.82. The van der Waals surface area contributed by atoms with Crippen LogP contribution in [0.15, 0.2) is 0 Å². The Morgan fingerprint density at radius 3 is 2.00 bits per heavy atom. The highest BCUT2D eigenvalue weighted by atomic mass is 32.2. The first-order valence-electron chi connectivity index (χ1n) is 6.28. The van der Waals surface area contributed by atoms with Crippen LogP contribution in [0.3, 0.4) is 0 Å². The van der Waals surface area contributed by atoms with Crippen molar-refractivity contribution in [2.45, 2.75) is 64.7 Å². The molecule has 0 heterocycles. The van der Waals surface area contributed by atoms with Crippen molar-refractivity contribution in [3.63, 3.8) is 0 Å². The van der Waals surface area contributed by atoms with Gasteiger partial charge in [0.2, 0.25) is 0 Å². The molecule has 0 amide bonds. The summed E-state index contributed by atoms with van der Waals surface area (Å²) in [6, 6.07) is 0.648. The summed E-state index contributed by atoms with van der Waals surface area (Å²) in [7, 11) is 0. The number of rotatable bonds is 8. The molecule has 0 aliphatic rings. The standard InChI is InChI=1S/C13H29NS/c1-7-13(8-2,15-6)10-14-12(5)9-11(3)4/h11-12,14H,7-10H2,1-6H3. The maximum Gasteiger partial charge on any atom is 0.0276 e. The van der Waals surface area contributed by atoms with Crippen molar-refractivity contribution >= 4 is 11.8 Å². The van der Waals surface area contributed by atoms with Gasteiger partial charge < -0.3 is 5.32 Å². The van der Waals surface area contributed by atoms with Crippen LogP contribution >= 0.6 is 11.8 Å². The average molecular weight is 231 g/mol. The molecule has 1 nitrogen and oxygen atoms in total. The molecule has 0 rings (SSSR count). The van der Waals surface area contributed by atoms with Crippen LogP contribution in [0.1, 0.15) is 53.9 Å². The van der Waals surface area contributed by atoms with Gasteiger partial charge in [-0.2, -0.15) is 11.8 Å². The number of nitrogens with one attached hydrogen (secondary N) is 1.